The van der Waals surface area contributed by atoms with Crippen molar-refractivity contribution in [3.63, 3.8) is 0 Å². The molecular weight excluding hydrogens is 242 g/mol. The van der Waals surface area contributed by atoms with Crippen LogP contribution >= 0.6 is 11.3 Å². The molecule has 0 atom stereocenters. The molecule has 94 valence electrons. The van der Waals surface area contributed by atoms with Crippen LogP contribution in [0.3, 0.4) is 0 Å². The van der Waals surface area contributed by atoms with Crippen molar-refractivity contribution in [1.82, 2.24) is 9.97 Å². The van der Waals surface area contributed by atoms with Gasteiger partial charge in [0, 0.05) is 18.3 Å². The van der Waals surface area contributed by atoms with E-state index >= 15 is 0 Å². The van der Waals surface area contributed by atoms with Crippen LogP contribution in [0.5, 0.6) is 0 Å². The number of hydrogen-bond donors (Lipinski definition) is 1. The van der Waals surface area contributed by atoms with Gasteiger partial charge in [0.2, 0.25) is 0 Å². The Kier molecular flexibility index (Phi) is 2.34. The molecule has 2 heterocycles. The summed E-state index contributed by atoms with van der Waals surface area (Å²) in [7, 11) is 1.97. The quantitative estimate of drug-likeness (QED) is 0.920. The molecule has 2 aliphatic rings. The Labute approximate surface area is 111 Å². The summed E-state index contributed by atoms with van der Waals surface area (Å²) in [6.45, 7) is 0. The van der Waals surface area contributed by atoms with Gasteiger partial charge in [0.15, 0.2) is 0 Å². The van der Waals surface area contributed by atoms with E-state index in [-0.39, 0.29) is 0 Å². The molecular formula is C14H17N3S. The van der Waals surface area contributed by atoms with Gasteiger partial charge < -0.3 is 5.32 Å². The van der Waals surface area contributed by atoms with Gasteiger partial charge in [-0.15, -0.1) is 11.3 Å². The summed E-state index contributed by atoms with van der Waals surface area (Å²) >= 11 is 1.89. The number of nitrogens with zero attached hydrogens (tertiary/aromatic N) is 2. The van der Waals surface area contributed by atoms with Crippen molar-refractivity contribution in [2.75, 3.05) is 12.4 Å². The zero-order valence-electron chi connectivity index (χ0n) is 10.6. The Bertz CT molecular complexity index is 613. The summed E-state index contributed by atoms with van der Waals surface area (Å²) in [6, 6.07) is 0. The summed E-state index contributed by atoms with van der Waals surface area (Å²) in [5, 5.41) is 4.58. The molecule has 3 nitrogen and oxygen atoms in total. The van der Waals surface area contributed by atoms with Gasteiger partial charge in [-0.3, -0.25) is 0 Å². The Morgan fingerprint density at radius 3 is 2.94 bits per heavy atom. The lowest BCUT2D eigenvalue weighted by Crippen LogP contribution is -2.02. The maximum atomic E-state index is 4.79. The number of aryl methyl sites for hydroxylation is 2. The minimum absolute atomic E-state index is 0.846. The lowest BCUT2D eigenvalue weighted by atomic mass is 10.2. The van der Waals surface area contributed by atoms with Crippen LogP contribution in [0.2, 0.25) is 0 Å². The molecule has 2 aliphatic carbocycles. The number of hydrogen-bond acceptors (Lipinski definition) is 4. The van der Waals surface area contributed by atoms with Gasteiger partial charge >= 0.3 is 0 Å². The fourth-order valence-corrected chi connectivity index (χ4v) is 4.17. The summed E-state index contributed by atoms with van der Waals surface area (Å²) in [5.74, 6) is 2.93. The second-order valence-electron chi connectivity index (χ2n) is 5.42. The zero-order chi connectivity index (χ0) is 12.1. The van der Waals surface area contributed by atoms with Crippen molar-refractivity contribution < 1.29 is 0 Å². The Balaban J connectivity index is 1.87. The molecule has 0 aromatic carbocycles. The largest absolute Gasteiger partial charge is 0.372 e. The monoisotopic (exact) mass is 259 g/mol. The third-order valence-corrected chi connectivity index (χ3v) is 5.20. The molecule has 2 aromatic rings. The molecule has 4 rings (SSSR count). The standard InChI is InChI=1S/C14H17N3S/c1-15-13-12-9-3-2-4-10(9)18-14(12)17-11(16-13)7-8-5-6-8/h8H,2-7H2,1H3,(H,15,16,17). The van der Waals surface area contributed by atoms with Gasteiger partial charge in [-0.2, -0.15) is 0 Å². The highest BCUT2D eigenvalue weighted by Gasteiger charge is 2.25. The molecule has 1 N–H and O–H groups in total. The molecule has 4 heteroatoms. The van der Waals surface area contributed by atoms with Crippen LogP contribution in [0.4, 0.5) is 5.82 Å². The highest BCUT2D eigenvalue weighted by Crippen LogP contribution is 2.40. The molecule has 0 unspecified atom stereocenters. The number of thiophene rings is 1. The maximum Gasteiger partial charge on any atom is 0.138 e. The Hall–Kier alpha value is -1.16. The van der Waals surface area contributed by atoms with E-state index in [9.17, 15) is 0 Å². The van der Waals surface area contributed by atoms with E-state index < -0.39 is 0 Å². The molecule has 0 radical (unpaired) electrons. The van der Waals surface area contributed by atoms with E-state index in [4.69, 9.17) is 9.97 Å². The second kappa shape index (κ2) is 3.92. The molecule has 1 fully saturated rings. The lowest BCUT2D eigenvalue weighted by Gasteiger charge is -2.06. The fraction of sp³-hybridized carbons (Fsp3) is 0.571. The van der Waals surface area contributed by atoms with Gasteiger partial charge in [0.25, 0.3) is 0 Å². The topological polar surface area (TPSA) is 37.8 Å². The Morgan fingerprint density at radius 2 is 2.17 bits per heavy atom. The number of anilines is 1. The minimum atomic E-state index is 0.846. The van der Waals surface area contributed by atoms with E-state index in [0.717, 1.165) is 24.0 Å². The van der Waals surface area contributed by atoms with Crippen LogP contribution in [-0.4, -0.2) is 17.0 Å². The highest BCUT2D eigenvalue weighted by atomic mass is 32.1. The SMILES string of the molecule is CNc1nc(CC2CC2)nc2sc3c(c12)CCC3. The molecule has 18 heavy (non-hydrogen) atoms. The lowest BCUT2D eigenvalue weighted by molar-refractivity contribution is 0.778. The number of fused-ring (bicyclic) bond motifs is 3. The van der Waals surface area contributed by atoms with Crippen molar-refractivity contribution in [3.8, 4) is 0 Å². The van der Waals surface area contributed by atoms with E-state index in [1.165, 1.54) is 47.9 Å². The molecule has 0 amide bonds. The molecule has 1 saturated carbocycles. The van der Waals surface area contributed by atoms with Gasteiger partial charge in [0.05, 0.1) is 5.39 Å². The van der Waals surface area contributed by atoms with Crippen LogP contribution in [0.15, 0.2) is 0 Å². The summed E-state index contributed by atoms with van der Waals surface area (Å²) in [5.41, 5.74) is 1.51. The normalized spacial score (nSPS) is 18.3. The number of rotatable bonds is 3. The predicted molar refractivity (Wildman–Crippen MR) is 75.4 cm³/mol. The molecule has 0 bridgehead atoms. The van der Waals surface area contributed by atoms with Crippen molar-refractivity contribution >= 4 is 27.4 Å². The van der Waals surface area contributed by atoms with Crippen LogP contribution in [0, 0.1) is 5.92 Å². The van der Waals surface area contributed by atoms with E-state index in [1.54, 1.807) is 4.88 Å². The van der Waals surface area contributed by atoms with Crippen LogP contribution in [-0.2, 0) is 19.3 Å². The fourth-order valence-electron chi connectivity index (χ4n) is 2.89. The van der Waals surface area contributed by atoms with Crippen molar-refractivity contribution in [3.05, 3.63) is 16.3 Å². The van der Waals surface area contributed by atoms with Gasteiger partial charge in [0.1, 0.15) is 16.5 Å². The summed E-state index contributed by atoms with van der Waals surface area (Å²) < 4.78 is 0. The third-order valence-electron chi connectivity index (χ3n) is 4.02. The van der Waals surface area contributed by atoms with Gasteiger partial charge in [-0.05, 0) is 43.6 Å². The average molecular weight is 259 g/mol. The van der Waals surface area contributed by atoms with Gasteiger partial charge in [-0.25, -0.2) is 9.97 Å². The van der Waals surface area contributed by atoms with Crippen molar-refractivity contribution in [2.45, 2.75) is 38.5 Å². The predicted octanol–water partition coefficient (Wildman–Crippen LogP) is 3.17. The highest BCUT2D eigenvalue weighted by molar-refractivity contribution is 7.19. The van der Waals surface area contributed by atoms with Crippen molar-refractivity contribution in [2.24, 2.45) is 5.92 Å². The molecule has 0 spiro atoms. The smallest absolute Gasteiger partial charge is 0.138 e. The first-order chi connectivity index (χ1) is 8.85. The zero-order valence-corrected chi connectivity index (χ0v) is 11.4. The van der Waals surface area contributed by atoms with E-state index in [1.807, 2.05) is 18.4 Å². The first-order valence-corrected chi connectivity index (χ1v) is 7.65. The Morgan fingerprint density at radius 1 is 1.28 bits per heavy atom. The molecule has 0 saturated heterocycles. The summed E-state index contributed by atoms with van der Waals surface area (Å²) in [6.07, 6.45) is 7.51. The number of nitrogens with one attached hydrogen (secondary N) is 1. The summed E-state index contributed by atoms with van der Waals surface area (Å²) in [4.78, 5) is 12.3. The average Bonchev–Trinajstić information content (AvgIpc) is 2.94. The second-order valence-corrected chi connectivity index (χ2v) is 6.51. The van der Waals surface area contributed by atoms with Gasteiger partial charge in [-0.1, -0.05) is 0 Å². The molecule has 2 aromatic heterocycles. The maximum absolute atomic E-state index is 4.79. The van der Waals surface area contributed by atoms with Crippen LogP contribution < -0.4 is 5.32 Å². The van der Waals surface area contributed by atoms with Crippen molar-refractivity contribution in [1.29, 1.82) is 0 Å². The molecule has 0 aliphatic heterocycles. The first kappa shape index (κ1) is 10.7. The van der Waals surface area contributed by atoms with Crippen LogP contribution in [0.25, 0.3) is 10.2 Å². The minimum Gasteiger partial charge on any atom is -0.372 e. The van der Waals surface area contributed by atoms with E-state index in [0.29, 0.717) is 0 Å². The van der Waals surface area contributed by atoms with E-state index in [2.05, 4.69) is 5.32 Å². The first-order valence-electron chi connectivity index (χ1n) is 6.84. The number of aromatic nitrogens is 2. The van der Waals surface area contributed by atoms with Crippen LogP contribution in [0.1, 0.15) is 35.5 Å². The third kappa shape index (κ3) is 1.62.